The number of hydrogen-bond donors (Lipinski definition) is 2. The first-order chi connectivity index (χ1) is 14.1. The first-order valence-corrected chi connectivity index (χ1v) is 9.61. The van der Waals surface area contributed by atoms with Crippen LogP contribution in [0.1, 0.15) is 0 Å². The molecule has 0 radical (unpaired) electrons. The van der Waals surface area contributed by atoms with Gasteiger partial charge in [-0.2, -0.15) is 0 Å². The van der Waals surface area contributed by atoms with Crippen LogP contribution < -0.4 is 10.1 Å². The number of amides is 1. The van der Waals surface area contributed by atoms with Crippen molar-refractivity contribution in [3.05, 3.63) is 78.9 Å². The van der Waals surface area contributed by atoms with Crippen molar-refractivity contribution in [2.24, 2.45) is 0 Å². The number of nitrogens with one attached hydrogen (secondary N) is 1. The number of anilines is 1. The van der Waals surface area contributed by atoms with Crippen LogP contribution in [0.4, 0.5) is 5.69 Å². The molecule has 7 heteroatoms. The molecule has 29 heavy (non-hydrogen) atoms. The molecule has 3 aromatic rings. The minimum absolute atomic E-state index is 0.0782. The fourth-order valence-corrected chi connectivity index (χ4v) is 3.29. The zero-order chi connectivity index (χ0) is 20.5. The van der Waals surface area contributed by atoms with E-state index in [4.69, 9.17) is 9.47 Å². The Kier molecular flexibility index (Phi) is 7.13. The largest absolute Gasteiger partial charge is 0.504 e. The zero-order valence-electron chi connectivity index (χ0n) is 15.4. The molecular formula is C22H19NO5S. The number of ether oxygens (including phenoxy) is 2. The van der Waals surface area contributed by atoms with E-state index >= 15 is 0 Å². The number of phenols is 1. The Bertz CT molecular complexity index is 978. The van der Waals surface area contributed by atoms with Crippen LogP contribution in [-0.4, -0.2) is 30.2 Å². The van der Waals surface area contributed by atoms with Crippen LogP contribution in [0, 0.1) is 0 Å². The SMILES string of the molecule is O=C(COC(=O)COc1ccccc1O)Nc1ccccc1Sc1ccccc1. The molecule has 0 bridgehead atoms. The molecule has 0 fully saturated rings. The van der Waals surface area contributed by atoms with Crippen molar-refractivity contribution < 1.29 is 24.2 Å². The maximum absolute atomic E-state index is 12.2. The third-order valence-corrected chi connectivity index (χ3v) is 4.79. The van der Waals surface area contributed by atoms with Gasteiger partial charge in [0.25, 0.3) is 5.91 Å². The summed E-state index contributed by atoms with van der Waals surface area (Å²) >= 11 is 1.52. The average molecular weight is 409 g/mol. The smallest absolute Gasteiger partial charge is 0.344 e. The molecule has 3 aromatic carbocycles. The lowest BCUT2D eigenvalue weighted by Gasteiger charge is -2.11. The standard InChI is InChI=1S/C22H19NO5S/c24-18-11-5-6-12-19(18)27-15-22(26)28-14-21(25)23-17-10-4-7-13-20(17)29-16-8-2-1-3-9-16/h1-13,24H,14-15H2,(H,23,25). The maximum Gasteiger partial charge on any atom is 0.344 e. The molecule has 0 unspecified atom stereocenters. The molecule has 0 aromatic heterocycles. The van der Waals surface area contributed by atoms with Crippen LogP contribution in [0.5, 0.6) is 11.5 Å². The van der Waals surface area contributed by atoms with Gasteiger partial charge in [0.15, 0.2) is 24.7 Å². The van der Waals surface area contributed by atoms with Gasteiger partial charge in [-0.3, -0.25) is 4.79 Å². The molecule has 0 aliphatic heterocycles. The number of rotatable bonds is 8. The van der Waals surface area contributed by atoms with E-state index in [1.807, 2.05) is 48.5 Å². The van der Waals surface area contributed by atoms with Crippen molar-refractivity contribution in [3.8, 4) is 11.5 Å². The molecule has 0 saturated heterocycles. The molecule has 2 N–H and O–H groups in total. The van der Waals surface area contributed by atoms with E-state index in [0.717, 1.165) is 9.79 Å². The van der Waals surface area contributed by atoms with Gasteiger partial charge in [-0.05, 0) is 36.4 Å². The third kappa shape index (κ3) is 6.29. The monoisotopic (exact) mass is 409 g/mol. The fourth-order valence-electron chi connectivity index (χ4n) is 2.36. The number of carbonyl (C=O) groups is 2. The van der Waals surface area contributed by atoms with Crippen molar-refractivity contribution in [1.82, 2.24) is 0 Å². The van der Waals surface area contributed by atoms with Gasteiger partial charge in [0.2, 0.25) is 0 Å². The molecular weight excluding hydrogens is 390 g/mol. The molecule has 0 aliphatic rings. The second kappa shape index (κ2) is 10.2. The van der Waals surface area contributed by atoms with Crippen molar-refractivity contribution in [2.45, 2.75) is 9.79 Å². The Morgan fingerprint density at radius 1 is 0.862 bits per heavy atom. The quantitative estimate of drug-likeness (QED) is 0.545. The van der Waals surface area contributed by atoms with E-state index in [-0.39, 0.29) is 11.5 Å². The highest BCUT2D eigenvalue weighted by Crippen LogP contribution is 2.33. The lowest BCUT2D eigenvalue weighted by atomic mass is 10.3. The van der Waals surface area contributed by atoms with Gasteiger partial charge in [0, 0.05) is 9.79 Å². The van der Waals surface area contributed by atoms with Gasteiger partial charge in [-0.25, -0.2) is 4.79 Å². The Morgan fingerprint density at radius 2 is 1.55 bits per heavy atom. The lowest BCUT2D eigenvalue weighted by Crippen LogP contribution is -2.23. The van der Waals surface area contributed by atoms with E-state index in [2.05, 4.69) is 5.32 Å². The minimum Gasteiger partial charge on any atom is -0.504 e. The molecule has 3 rings (SSSR count). The number of hydrogen-bond acceptors (Lipinski definition) is 6. The normalized spacial score (nSPS) is 10.2. The third-order valence-electron chi connectivity index (χ3n) is 3.71. The van der Waals surface area contributed by atoms with E-state index in [9.17, 15) is 14.7 Å². The highest BCUT2D eigenvalue weighted by molar-refractivity contribution is 7.99. The number of para-hydroxylation sites is 3. The zero-order valence-corrected chi connectivity index (χ0v) is 16.2. The van der Waals surface area contributed by atoms with Crippen LogP contribution in [0.3, 0.4) is 0 Å². The fraction of sp³-hybridized carbons (Fsp3) is 0.0909. The van der Waals surface area contributed by atoms with Crippen LogP contribution in [0.2, 0.25) is 0 Å². The Balaban J connectivity index is 1.49. The van der Waals surface area contributed by atoms with Gasteiger partial charge >= 0.3 is 5.97 Å². The maximum atomic E-state index is 12.2. The summed E-state index contributed by atoms with van der Waals surface area (Å²) in [6.45, 7) is -0.849. The molecule has 0 heterocycles. The molecule has 6 nitrogen and oxygen atoms in total. The van der Waals surface area contributed by atoms with E-state index < -0.39 is 25.1 Å². The van der Waals surface area contributed by atoms with Gasteiger partial charge in [-0.15, -0.1) is 0 Å². The number of esters is 1. The second-order valence-electron chi connectivity index (χ2n) is 5.88. The Hall–Kier alpha value is -3.45. The molecule has 0 aliphatic carbocycles. The van der Waals surface area contributed by atoms with E-state index in [0.29, 0.717) is 5.69 Å². The summed E-state index contributed by atoms with van der Waals surface area (Å²) in [6.07, 6.45) is 0. The van der Waals surface area contributed by atoms with Crippen LogP contribution in [-0.2, 0) is 14.3 Å². The predicted molar refractivity (Wildman–Crippen MR) is 110 cm³/mol. The lowest BCUT2D eigenvalue weighted by molar-refractivity contribution is -0.149. The number of aromatic hydroxyl groups is 1. The first-order valence-electron chi connectivity index (χ1n) is 8.80. The summed E-state index contributed by atoms with van der Waals surface area (Å²) in [6, 6.07) is 23.5. The number of benzene rings is 3. The van der Waals surface area contributed by atoms with E-state index in [1.54, 1.807) is 18.2 Å². The molecule has 1 amide bonds. The van der Waals surface area contributed by atoms with Crippen molar-refractivity contribution >= 4 is 29.3 Å². The summed E-state index contributed by atoms with van der Waals surface area (Å²) in [5.41, 5.74) is 0.632. The van der Waals surface area contributed by atoms with Crippen molar-refractivity contribution in [3.63, 3.8) is 0 Å². The summed E-state index contributed by atoms with van der Waals surface area (Å²) in [4.78, 5) is 25.9. The van der Waals surface area contributed by atoms with Gasteiger partial charge in [0.05, 0.1) is 5.69 Å². The molecule has 0 atom stereocenters. The highest BCUT2D eigenvalue weighted by atomic mass is 32.2. The highest BCUT2D eigenvalue weighted by Gasteiger charge is 2.12. The van der Waals surface area contributed by atoms with Crippen LogP contribution in [0.25, 0.3) is 0 Å². The van der Waals surface area contributed by atoms with Crippen LogP contribution >= 0.6 is 11.8 Å². The van der Waals surface area contributed by atoms with Gasteiger partial charge in [0.1, 0.15) is 0 Å². The van der Waals surface area contributed by atoms with Crippen molar-refractivity contribution in [1.29, 1.82) is 0 Å². The van der Waals surface area contributed by atoms with Gasteiger partial charge < -0.3 is 19.9 Å². The predicted octanol–water partition coefficient (Wildman–Crippen LogP) is 4.10. The summed E-state index contributed by atoms with van der Waals surface area (Å²) in [5.74, 6) is -1.08. The molecule has 0 saturated carbocycles. The van der Waals surface area contributed by atoms with Gasteiger partial charge in [-0.1, -0.05) is 54.2 Å². The topological polar surface area (TPSA) is 84.9 Å². The number of carbonyl (C=O) groups excluding carboxylic acids is 2. The Morgan fingerprint density at radius 3 is 2.34 bits per heavy atom. The summed E-state index contributed by atoms with van der Waals surface area (Å²) in [7, 11) is 0. The molecule has 148 valence electrons. The van der Waals surface area contributed by atoms with Crippen molar-refractivity contribution in [2.75, 3.05) is 18.5 Å². The first kappa shape index (κ1) is 20.3. The molecule has 0 spiro atoms. The van der Waals surface area contributed by atoms with E-state index in [1.165, 1.54) is 23.9 Å². The van der Waals surface area contributed by atoms with Crippen LogP contribution in [0.15, 0.2) is 88.7 Å². The minimum atomic E-state index is -0.713. The average Bonchev–Trinajstić information content (AvgIpc) is 2.74. The summed E-state index contributed by atoms with van der Waals surface area (Å²) < 4.78 is 10.1. The Labute approximate surface area is 172 Å². The summed E-state index contributed by atoms with van der Waals surface area (Å²) in [5, 5.41) is 12.3. The number of phenolic OH excluding ortho intramolecular Hbond substituents is 1. The second-order valence-corrected chi connectivity index (χ2v) is 6.99.